The Kier molecular flexibility index (Phi) is 3.81. The van der Waals surface area contributed by atoms with Gasteiger partial charge in [0.15, 0.2) is 11.5 Å². The summed E-state index contributed by atoms with van der Waals surface area (Å²) < 4.78 is 17.2. The summed E-state index contributed by atoms with van der Waals surface area (Å²) in [4.78, 5) is 0. The van der Waals surface area contributed by atoms with E-state index in [2.05, 4.69) is 19.9 Å². The molecule has 3 heteroatoms. The summed E-state index contributed by atoms with van der Waals surface area (Å²) in [7, 11) is 1.68. The number of hydrogen-bond acceptors (Lipinski definition) is 3. The summed E-state index contributed by atoms with van der Waals surface area (Å²) in [5.41, 5.74) is 2.44. The van der Waals surface area contributed by atoms with Gasteiger partial charge in [0.2, 0.25) is 0 Å². The van der Waals surface area contributed by atoms with E-state index in [-0.39, 0.29) is 18.3 Å². The van der Waals surface area contributed by atoms with Crippen molar-refractivity contribution in [3.63, 3.8) is 0 Å². The van der Waals surface area contributed by atoms with E-state index < -0.39 is 0 Å². The molecule has 0 unspecified atom stereocenters. The summed E-state index contributed by atoms with van der Waals surface area (Å²) in [5, 5.41) is 0. The predicted molar refractivity (Wildman–Crippen MR) is 71.4 cm³/mol. The molecule has 0 spiro atoms. The van der Waals surface area contributed by atoms with E-state index >= 15 is 0 Å². The van der Waals surface area contributed by atoms with Crippen LogP contribution in [0.2, 0.25) is 0 Å². The first-order chi connectivity index (χ1) is 8.52. The first kappa shape index (κ1) is 13.2. The highest BCUT2D eigenvalue weighted by molar-refractivity contribution is 5.52. The monoisotopic (exact) mass is 250 g/mol. The van der Waals surface area contributed by atoms with Gasteiger partial charge in [-0.25, -0.2) is 0 Å². The molecule has 2 rings (SSSR count). The molecule has 0 amide bonds. The van der Waals surface area contributed by atoms with Crippen LogP contribution in [0, 0.1) is 0 Å². The highest BCUT2D eigenvalue weighted by Gasteiger charge is 2.27. The molecule has 2 atom stereocenters. The van der Waals surface area contributed by atoms with Crippen molar-refractivity contribution in [3.05, 3.63) is 23.3 Å². The molecule has 0 aromatic heterocycles. The number of fused-ring (bicyclic) bond motifs is 1. The minimum atomic E-state index is 0.115. The lowest BCUT2D eigenvalue weighted by Crippen LogP contribution is -2.23. The number of methoxy groups -OCH3 is 1. The van der Waals surface area contributed by atoms with E-state index in [1.807, 2.05) is 19.9 Å². The normalized spacial score (nSPS) is 22.8. The Balaban J connectivity index is 2.50. The Hall–Kier alpha value is -1.22. The van der Waals surface area contributed by atoms with Crippen LogP contribution in [0.4, 0.5) is 0 Å². The van der Waals surface area contributed by atoms with E-state index in [4.69, 9.17) is 14.2 Å². The molecule has 18 heavy (non-hydrogen) atoms. The Bertz CT molecular complexity index is 426. The topological polar surface area (TPSA) is 27.7 Å². The van der Waals surface area contributed by atoms with Crippen LogP contribution in [-0.2, 0) is 11.2 Å². The van der Waals surface area contributed by atoms with Crippen molar-refractivity contribution in [3.8, 4) is 11.5 Å². The van der Waals surface area contributed by atoms with E-state index in [9.17, 15) is 0 Å². The van der Waals surface area contributed by atoms with E-state index in [1.54, 1.807) is 7.11 Å². The zero-order valence-electron chi connectivity index (χ0n) is 11.8. The van der Waals surface area contributed by atoms with Crippen molar-refractivity contribution in [1.29, 1.82) is 0 Å². The van der Waals surface area contributed by atoms with Crippen LogP contribution < -0.4 is 9.47 Å². The fraction of sp³-hybridized carbons (Fsp3) is 0.600. The molecule has 0 bridgehead atoms. The molecule has 0 N–H and O–H groups in total. The van der Waals surface area contributed by atoms with Crippen LogP contribution in [0.5, 0.6) is 11.5 Å². The Morgan fingerprint density at radius 3 is 2.61 bits per heavy atom. The lowest BCUT2D eigenvalue weighted by molar-refractivity contribution is -0.00584. The maximum atomic E-state index is 5.95. The van der Waals surface area contributed by atoms with Crippen LogP contribution in [0.15, 0.2) is 12.1 Å². The smallest absolute Gasteiger partial charge is 0.165 e. The van der Waals surface area contributed by atoms with E-state index in [0.29, 0.717) is 0 Å². The van der Waals surface area contributed by atoms with Crippen molar-refractivity contribution in [2.75, 3.05) is 7.11 Å². The van der Waals surface area contributed by atoms with Gasteiger partial charge in [0.25, 0.3) is 0 Å². The van der Waals surface area contributed by atoms with Gasteiger partial charge in [-0.3, -0.25) is 0 Å². The summed E-state index contributed by atoms with van der Waals surface area (Å²) in [6.45, 7) is 8.24. The third-order valence-electron chi connectivity index (χ3n) is 3.20. The van der Waals surface area contributed by atoms with Crippen LogP contribution in [0.3, 0.4) is 0 Å². The number of ether oxygens (including phenoxy) is 3. The zero-order valence-corrected chi connectivity index (χ0v) is 11.8. The van der Waals surface area contributed by atoms with Gasteiger partial charge in [-0.15, -0.1) is 0 Å². The molecule has 0 saturated heterocycles. The third-order valence-corrected chi connectivity index (χ3v) is 3.20. The highest BCUT2D eigenvalue weighted by Crippen LogP contribution is 2.41. The second-order valence-corrected chi connectivity index (χ2v) is 5.12. The van der Waals surface area contributed by atoms with Gasteiger partial charge in [-0.1, -0.05) is 6.07 Å². The lowest BCUT2D eigenvalue weighted by Gasteiger charge is -2.30. The van der Waals surface area contributed by atoms with Crippen molar-refractivity contribution in [1.82, 2.24) is 0 Å². The van der Waals surface area contributed by atoms with Crippen LogP contribution >= 0.6 is 0 Å². The molecule has 1 aromatic rings. The molecule has 3 nitrogen and oxygen atoms in total. The standard InChI is InChI=1S/C15H22O3/c1-9(2)17-15-13-8-10(3)18-11(4)12(13)6-7-14(15)16-5/h6-7,9-11H,8H2,1-5H3/t10-,11-/m1/s1. The maximum absolute atomic E-state index is 5.95. The highest BCUT2D eigenvalue weighted by atomic mass is 16.5. The Labute approximate surface area is 109 Å². The second-order valence-electron chi connectivity index (χ2n) is 5.12. The van der Waals surface area contributed by atoms with Crippen molar-refractivity contribution in [2.24, 2.45) is 0 Å². The lowest BCUT2D eigenvalue weighted by atomic mass is 9.94. The second kappa shape index (κ2) is 5.19. The van der Waals surface area contributed by atoms with Gasteiger partial charge < -0.3 is 14.2 Å². The number of hydrogen-bond donors (Lipinski definition) is 0. The first-order valence-corrected chi connectivity index (χ1v) is 6.54. The van der Waals surface area contributed by atoms with Crippen molar-refractivity contribution in [2.45, 2.75) is 52.4 Å². The molecule has 100 valence electrons. The van der Waals surface area contributed by atoms with Crippen LogP contribution in [0.1, 0.15) is 44.9 Å². The summed E-state index contributed by atoms with van der Waals surface area (Å²) in [5.74, 6) is 1.69. The van der Waals surface area contributed by atoms with Crippen molar-refractivity contribution < 1.29 is 14.2 Å². The van der Waals surface area contributed by atoms with E-state index in [1.165, 1.54) is 11.1 Å². The molecule has 1 aromatic carbocycles. The molecular formula is C15H22O3. The van der Waals surface area contributed by atoms with Gasteiger partial charge in [-0.05, 0) is 39.3 Å². The third kappa shape index (κ3) is 2.46. The summed E-state index contributed by atoms with van der Waals surface area (Å²) in [6.07, 6.45) is 1.34. The fourth-order valence-electron chi connectivity index (χ4n) is 2.50. The molecule has 0 aliphatic carbocycles. The molecule has 0 saturated carbocycles. The quantitative estimate of drug-likeness (QED) is 0.821. The number of benzene rings is 1. The maximum Gasteiger partial charge on any atom is 0.165 e. The minimum Gasteiger partial charge on any atom is -0.493 e. The molecule has 0 radical (unpaired) electrons. The molecular weight excluding hydrogens is 228 g/mol. The van der Waals surface area contributed by atoms with Crippen LogP contribution in [-0.4, -0.2) is 19.3 Å². The largest absolute Gasteiger partial charge is 0.493 e. The van der Waals surface area contributed by atoms with Gasteiger partial charge in [0, 0.05) is 12.0 Å². The Morgan fingerprint density at radius 2 is 2.00 bits per heavy atom. The minimum absolute atomic E-state index is 0.115. The Morgan fingerprint density at radius 1 is 1.28 bits per heavy atom. The van der Waals surface area contributed by atoms with Gasteiger partial charge in [0.1, 0.15) is 0 Å². The predicted octanol–water partition coefficient (Wildman–Crippen LogP) is 3.50. The first-order valence-electron chi connectivity index (χ1n) is 6.54. The molecule has 1 heterocycles. The van der Waals surface area contributed by atoms with Gasteiger partial charge in [0.05, 0.1) is 25.4 Å². The zero-order chi connectivity index (χ0) is 13.3. The average molecular weight is 250 g/mol. The number of rotatable bonds is 3. The summed E-state index contributed by atoms with van der Waals surface area (Å²) in [6, 6.07) is 4.05. The van der Waals surface area contributed by atoms with Gasteiger partial charge >= 0.3 is 0 Å². The average Bonchev–Trinajstić information content (AvgIpc) is 2.29. The fourth-order valence-corrected chi connectivity index (χ4v) is 2.50. The molecule has 1 aliphatic heterocycles. The van der Waals surface area contributed by atoms with Crippen molar-refractivity contribution >= 4 is 0 Å². The van der Waals surface area contributed by atoms with Gasteiger partial charge in [-0.2, -0.15) is 0 Å². The molecule has 0 fully saturated rings. The van der Waals surface area contributed by atoms with Crippen LogP contribution in [0.25, 0.3) is 0 Å². The summed E-state index contributed by atoms with van der Waals surface area (Å²) >= 11 is 0. The SMILES string of the molecule is COc1ccc2c(c1OC(C)C)C[C@@H](C)O[C@@H]2C. The van der Waals surface area contributed by atoms with E-state index in [0.717, 1.165) is 17.9 Å². The molecule has 1 aliphatic rings.